The molecule has 1 amide bonds. The monoisotopic (exact) mass is 222 g/mol. The molecule has 6 nitrogen and oxygen atoms in total. The summed E-state index contributed by atoms with van der Waals surface area (Å²) < 4.78 is 0. The molecule has 0 radical (unpaired) electrons. The van der Waals surface area contributed by atoms with Crippen molar-refractivity contribution in [2.45, 2.75) is 6.92 Å². The molecule has 3 N–H and O–H groups in total. The summed E-state index contributed by atoms with van der Waals surface area (Å²) in [4.78, 5) is 21.9. The summed E-state index contributed by atoms with van der Waals surface area (Å²) in [5.74, 6) is -1.70. The first-order valence-corrected chi connectivity index (χ1v) is 4.37. The zero-order valence-corrected chi connectivity index (χ0v) is 8.47. The maximum absolute atomic E-state index is 11.1. The van der Waals surface area contributed by atoms with Gasteiger partial charge in [0.15, 0.2) is 0 Å². The van der Waals surface area contributed by atoms with E-state index in [1.165, 1.54) is 12.1 Å². The molecule has 0 aliphatic heterocycles. The number of oxime groups is 1. The number of anilines is 1. The first-order valence-electron chi connectivity index (χ1n) is 4.37. The van der Waals surface area contributed by atoms with Crippen LogP contribution >= 0.6 is 0 Å². The van der Waals surface area contributed by atoms with Crippen molar-refractivity contribution in [3.05, 3.63) is 29.3 Å². The SMILES string of the molecule is Cc1c(NC(=O)C=NO)cccc1C(=O)O. The molecule has 0 saturated heterocycles. The number of aromatic carboxylic acids is 1. The minimum atomic E-state index is -1.07. The van der Waals surface area contributed by atoms with Crippen LogP contribution in [0, 0.1) is 6.92 Å². The summed E-state index contributed by atoms with van der Waals surface area (Å²) in [6.07, 6.45) is 0.687. The molecule has 0 aliphatic rings. The van der Waals surface area contributed by atoms with Crippen LogP contribution in [0.1, 0.15) is 15.9 Å². The number of benzene rings is 1. The van der Waals surface area contributed by atoms with Gasteiger partial charge in [-0.2, -0.15) is 0 Å². The minimum absolute atomic E-state index is 0.110. The van der Waals surface area contributed by atoms with E-state index >= 15 is 0 Å². The van der Waals surface area contributed by atoms with Crippen LogP contribution in [0.5, 0.6) is 0 Å². The van der Waals surface area contributed by atoms with Gasteiger partial charge >= 0.3 is 5.97 Å². The molecular formula is C10H10N2O4. The second-order valence-corrected chi connectivity index (χ2v) is 3.02. The van der Waals surface area contributed by atoms with E-state index in [0.29, 0.717) is 17.5 Å². The zero-order chi connectivity index (χ0) is 12.1. The van der Waals surface area contributed by atoms with Gasteiger partial charge in [0.25, 0.3) is 5.91 Å². The first-order chi connectivity index (χ1) is 7.56. The molecule has 16 heavy (non-hydrogen) atoms. The van der Waals surface area contributed by atoms with Crippen molar-refractivity contribution in [3.63, 3.8) is 0 Å². The van der Waals surface area contributed by atoms with Crippen LogP contribution in [0.25, 0.3) is 0 Å². The van der Waals surface area contributed by atoms with Gasteiger partial charge in [0.1, 0.15) is 6.21 Å². The van der Waals surface area contributed by atoms with Crippen LogP contribution in [-0.2, 0) is 4.79 Å². The second kappa shape index (κ2) is 4.92. The fourth-order valence-corrected chi connectivity index (χ4v) is 1.22. The fraction of sp³-hybridized carbons (Fsp3) is 0.100. The first kappa shape index (κ1) is 11.7. The number of carbonyl (C=O) groups excluding carboxylic acids is 1. The van der Waals surface area contributed by atoms with Crippen molar-refractivity contribution in [1.29, 1.82) is 0 Å². The molecule has 0 atom stereocenters. The molecule has 0 aromatic heterocycles. The van der Waals surface area contributed by atoms with Crippen molar-refractivity contribution >= 4 is 23.8 Å². The summed E-state index contributed by atoms with van der Waals surface area (Å²) >= 11 is 0. The number of nitrogens with one attached hydrogen (secondary N) is 1. The van der Waals surface area contributed by atoms with E-state index < -0.39 is 11.9 Å². The third-order valence-corrected chi connectivity index (χ3v) is 2.00. The highest BCUT2D eigenvalue weighted by Crippen LogP contribution is 2.18. The number of carbonyl (C=O) groups is 2. The number of nitrogens with zero attached hydrogens (tertiary/aromatic N) is 1. The molecule has 1 aromatic carbocycles. The van der Waals surface area contributed by atoms with Gasteiger partial charge in [-0.3, -0.25) is 4.79 Å². The fourth-order valence-electron chi connectivity index (χ4n) is 1.22. The van der Waals surface area contributed by atoms with Gasteiger partial charge in [0, 0.05) is 5.69 Å². The Kier molecular flexibility index (Phi) is 3.60. The highest BCUT2D eigenvalue weighted by atomic mass is 16.4. The van der Waals surface area contributed by atoms with Crippen LogP contribution in [0.15, 0.2) is 23.4 Å². The zero-order valence-electron chi connectivity index (χ0n) is 8.47. The summed E-state index contributed by atoms with van der Waals surface area (Å²) in [6, 6.07) is 4.51. The maximum atomic E-state index is 11.1. The summed E-state index contributed by atoms with van der Waals surface area (Å²) in [6.45, 7) is 1.58. The molecule has 0 aliphatic carbocycles. The normalized spacial score (nSPS) is 10.3. The van der Waals surface area contributed by atoms with Crippen molar-refractivity contribution in [2.24, 2.45) is 5.16 Å². The Hall–Kier alpha value is -2.37. The summed E-state index contributed by atoms with van der Waals surface area (Å²) in [5.41, 5.74) is 0.915. The predicted molar refractivity (Wildman–Crippen MR) is 57.0 cm³/mol. The lowest BCUT2D eigenvalue weighted by Crippen LogP contribution is -2.14. The van der Waals surface area contributed by atoms with Gasteiger partial charge in [-0.15, -0.1) is 0 Å². The van der Waals surface area contributed by atoms with E-state index in [2.05, 4.69) is 10.5 Å². The van der Waals surface area contributed by atoms with E-state index in [0.717, 1.165) is 0 Å². The Bertz CT molecular complexity index is 454. The average molecular weight is 222 g/mol. The molecule has 0 heterocycles. The van der Waals surface area contributed by atoms with Crippen molar-refractivity contribution < 1.29 is 19.9 Å². The average Bonchev–Trinajstić information content (AvgIpc) is 2.21. The predicted octanol–water partition coefficient (Wildman–Crippen LogP) is 1.09. The quantitative estimate of drug-likeness (QED) is 0.405. The Morgan fingerprint density at radius 3 is 2.69 bits per heavy atom. The smallest absolute Gasteiger partial charge is 0.336 e. The third-order valence-electron chi connectivity index (χ3n) is 2.00. The lowest BCUT2D eigenvalue weighted by molar-refractivity contribution is -0.110. The van der Waals surface area contributed by atoms with Crippen LogP contribution in [0.4, 0.5) is 5.69 Å². The highest BCUT2D eigenvalue weighted by molar-refractivity contribution is 6.31. The lowest BCUT2D eigenvalue weighted by atomic mass is 10.1. The second-order valence-electron chi connectivity index (χ2n) is 3.02. The molecule has 6 heteroatoms. The van der Waals surface area contributed by atoms with Gasteiger partial charge in [0.05, 0.1) is 5.56 Å². The largest absolute Gasteiger partial charge is 0.478 e. The molecule has 84 valence electrons. The maximum Gasteiger partial charge on any atom is 0.336 e. The molecule has 0 spiro atoms. The molecule has 1 aromatic rings. The Morgan fingerprint density at radius 2 is 2.12 bits per heavy atom. The molecule has 1 rings (SSSR count). The van der Waals surface area contributed by atoms with E-state index in [9.17, 15) is 9.59 Å². The van der Waals surface area contributed by atoms with Crippen molar-refractivity contribution in [1.82, 2.24) is 0 Å². The van der Waals surface area contributed by atoms with E-state index in [4.69, 9.17) is 10.3 Å². The van der Waals surface area contributed by atoms with E-state index in [1.54, 1.807) is 13.0 Å². The van der Waals surface area contributed by atoms with Gasteiger partial charge in [0.2, 0.25) is 0 Å². The number of carboxylic acid groups (broad SMARTS) is 1. The summed E-state index contributed by atoms with van der Waals surface area (Å²) in [5, 5.41) is 22.0. The number of hydrogen-bond donors (Lipinski definition) is 3. The number of amides is 1. The number of rotatable bonds is 3. The highest BCUT2D eigenvalue weighted by Gasteiger charge is 2.10. The third kappa shape index (κ3) is 2.57. The number of carboxylic acids is 1. The lowest BCUT2D eigenvalue weighted by Gasteiger charge is -2.08. The molecule has 0 saturated carbocycles. The van der Waals surface area contributed by atoms with Gasteiger partial charge < -0.3 is 15.6 Å². The Labute approximate surface area is 91.2 Å². The minimum Gasteiger partial charge on any atom is -0.478 e. The van der Waals surface area contributed by atoms with Gasteiger partial charge in [-0.1, -0.05) is 11.2 Å². The van der Waals surface area contributed by atoms with Crippen molar-refractivity contribution in [3.8, 4) is 0 Å². The van der Waals surface area contributed by atoms with Gasteiger partial charge in [-0.25, -0.2) is 4.79 Å². The summed E-state index contributed by atoms with van der Waals surface area (Å²) in [7, 11) is 0. The van der Waals surface area contributed by atoms with Crippen LogP contribution in [0.3, 0.4) is 0 Å². The molecule has 0 unspecified atom stereocenters. The standard InChI is InChI=1S/C10H10N2O4/c1-6-7(10(14)15)3-2-4-8(6)12-9(13)5-11-16/h2-5,16H,1H3,(H,12,13)(H,14,15). The molecule has 0 bridgehead atoms. The van der Waals surface area contributed by atoms with Crippen molar-refractivity contribution in [2.75, 3.05) is 5.32 Å². The van der Waals surface area contributed by atoms with Crippen LogP contribution in [0.2, 0.25) is 0 Å². The molecular weight excluding hydrogens is 212 g/mol. The van der Waals surface area contributed by atoms with E-state index in [-0.39, 0.29) is 5.56 Å². The van der Waals surface area contributed by atoms with Gasteiger partial charge in [-0.05, 0) is 24.6 Å². The van der Waals surface area contributed by atoms with E-state index in [1.807, 2.05) is 0 Å². The number of hydrogen-bond acceptors (Lipinski definition) is 4. The van der Waals surface area contributed by atoms with Crippen LogP contribution in [-0.4, -0.2) is 28.4 Å². The van der Waals surface area contributed by atoms with Crippen LogP contribution < -0.4 is 5.32 Å². The topological polar surface area (TPSA) is 99.0 Å². The Morgan fingerprint density at radius 1 is 1.44 bits per heavy atom. The Balaban J connectivity index is 3.02. The molecule has 0 fully saturated rings.